The van der Waals surface area contributed by atoms with Crippen LogP contribution < -0.4 is 5.32 Å². The van der Waals surface area contributed by atoms with E-state index in [0.717, 1.165) is 18.0 Å². The fourth-order valence-corrected chi connectivity index (χ4v) is 3.67. The van der Waals surface area contributed by atoms with Crippen LogP contribution in [-0.2, 0) is 6.54 Å². The van der Waals surface area contributed by atoms with Gasteiger partial charge in [-0.2, -0.15) is 4.99 Å². The maximum absolute atomic E-state index is 11.4. The SMILES string of the molecule is Cc1c(CN2CCCC2)cccc1C1C=CC2=NC(=O)NC2=C1. The van der Waals surface area contributed by atoms with Crippen LogP contribution in [0.5, 0.6) is 0 Å². The van der Waals surface area contributed by atoms with Crippen molar-refractivity contribution < 1.29 is 4.79 Å². The van der Waals surface area contributed by atoms with Crippen LogP contribution in [-0.4, -0.2) is 29.7 Å². The molecule has 0 saturated carbocycles. The van der Waals surface area contributed by atoms with Crippen LogP contribution in [0.4, 0.5) is 4.79 Å². The number of hydrogen-bond donors (Lipinski definition) is 1. The number of carbonyl (C=O) groups is 1. The van der Waals surface area contributed by atoms with Gasteiger partial charge in [-0.05, 0) is 61.7 Å². The molecule has 118 valence electrons. The third-order valence-corrected chi connectivity index (χ3v) is 4.99. The molecule has 23 heavy (non-hydrogen) atoms. The number of urea groups is 1. The van der Waals surface area contributed by atoms with Gasteiger partial charge in [-0.15, -0.1) is 0 Å². The first-order chi connectivity index (χ1) is 11.2. The van der Waals surface area contributed by atoms with Crippen LogP contribution in [0.25, 0.3) is 0 Å². The molecular weight excluding hydrogens is 286 g/mol. The van der Waals surface area contributed by atoms with Gasteiger partial charge >= 0.3 is 6.03 Å². The van der Waals surface area contributed by atoms with Crippen LogP contribution in [0, 0.1) is 6.92 Å². The summed E-state index contributed by atoms with van der Waals surface area (Å²) >= 11 is 0. The Morgan fingerprint density at radius 2 is 2.13 bits per heavy atom. The number of nitrogens with one attached hydrogen (secondary N) is 1. The van der Waals surface area contributed by atoms with Crippen molar-refractivity contribution in [1.29, 1.82) is 0 Å². The highest BCUT2D eigenvalue weighted by molar-refractivity contribution is 6.19. The second kappa shape index (κ2) is 5.78. The van der Waals surface area contributed by atoms with E-state index in [1.54, 1.807) is 0 Å². The molecule has 1 unspecified atom stereocenters. The van der Waals surface area contributed by atoms with Gasteiger partial charge in [0.25, 0.3) is 0 Å². The number of aliphatic imine (C=N–C) groups is 1. The van der Waals surface area contributed by atoms with Crippen molar-refractivity contribution in [3.05, 3.63) is 58.8 Å². The smallest absolute Gasteiger partial charge is 0.304 e. The van der Waals surface area contributed by atoms with Crippen molar-refractivity contribution in [2.45, 2.75) is 32.2 Å². The van der Waals surface area contributed by atoms with E-state index in [4.69, 9.17) is 0 Å². The van der Waals surface area contributed by atoms with Gasteiger partial charge in [0.2, 0.25) is 0 Å². The Bertz CT molecular complexity index is 739. The van der Waals surface area contributed by atoms with Gasteiger partial charge in [0.1, 0.15) is 0 Å². The van der Waals surface area contributed by atoms with Crippen molar-refractivity contribution in [3.63, 3.8) is 0 Å². The van der Waals surface area contributed by atoms with Gasteiger partial charge in [-0.3, -0.25) is 4.90 Å². The number of carbonyl (C=O) groups excluding carboxylic acids is 1. The highest BCUT2D eigenvalue weighted by Crippen LogP contribution is 2.30. The number of likely N-dealkylation sites (tertiary alicyclic amines) is 1. The molecule has 0 spiro atoms. The Labute approximate surface area is 136 Å². The Morgan fingerprint density at radius 1 is 1.30 bits per heavy atom. The molecule has 4 heteroatoms. The highest BCUT2D eigenvalue weighted by atomic mass is 16.2. The summed E-state index contributed by atoms with van der Waals surface area (Å²) in [7, 11) is 0. The van der Waals surface area contributed by atoms with Crippen molar-refractivity contribution in [1.82, 2.24) is 10.2 Å². The van der Waals surface area contributed by atoms with E-state index < -0.39 is 0 Å². The number of allylic oxidation sites excluding steroid dienone is 3. The van der Waals surface area contributed by atoms with Crippen molar-refractivity contribution >= 4 is 11.7 Å². The number of hydrogen-bond acceptors (Lipinski definition) is 2. The molecule has 1 saturated heterocycles. The van der Waals surface area contributed by atoms with Crippen molar-refractivity contribution in [2.24, 2.45) is 4.99 Å². The summed E-state index contributed by atoms with van der Waals surface area (Å²) in [6.07, 6.45) is 8.82. The molecule has 0 bridgehead atoms. The zero-order valence-electron chi connectivity index (χ0n) is 13.4. The van der Waals surface area contributed by atoms with E-state index >= 15 is 0 Å². The first-order valence-electron chi connectivity index (χ1n) is 8.31. The standard InChI is InChI=1S/C19H21N3O/c1-13-15(12-22-9-2-3-10-22)5-4-6-16(13)14-7-8-17-18(11-14)21-19(23)20-17/h4-8,11,14H,2-3,9-10,12H2,1H3,(H,21,23). The second-order valence-electron chi connectivity index (χ2n) is 6.51. The third kappa shape index (κ3) is 2.75. The normalized spacial score (nSPS) is 23.5. The number of nitrogens with zero attached hydrogens (tertiary/aromatic N) is 2. The lowest BCUT2D eigenvalue weighted by Gasteiger charge is -2.21. The van der Waals surface area contributed by atoms with E-state index in [1.807, 2.05) is 6.08 Å². The van der Waals surface area contributed by atoms with Crippen LogP contribution in [0.1, 0.15) is 35.4 Å². The lowest BCUT2D eigenvalue weighted by molar-refractivity contribution is 0.253. The van der Waals surface area contributed by atoms with E-state index in [1.165, 1.54) is 42.6 Å². The largest absolute Gasteiger partial charge is 0.346 e. The van der Waals surface area contributed by atoms with E-state index in [9.17, 15) is 4.79 Å². The summed E-state index contributed by atoms with van der Waals surface area (Å²) in [4.78, 5) is 17.9. The summed E-state index contributed by atoms with van der Waals surface area (Å²) in [6.45, 7) is 5.67. The molecule has 1 aromatic carbocycles. The van der Waals surface area contributed by atoms with Gasteiger partial charge in [0, 0.05) is 12.5 Å². The number of rotatable bonds is 3. The van der Waals surface area contributed by atoms with Crippen LogP contribution in [0.3, 0.4) is 0 Å². The summed E-state index contributed by atoms with van der Waals surface area (Å²) in [5.74, 6) is 0.195. The molecule has 3 aliphatic rings. The minimum Gasteiger partial charge on any atom is -0.304 e. The zero-order valence-corrected chi connectivity index (χ0v) is 13.4. The minimum atomic E-state index is -0.268. The summed E-state index contributed by atoms with van der Waals surface area (Å²) in [6, 6.07) is 6.31. The highest BCUT2D eigenvalue weighted by Gasteiger charge is 2.23. The van der Waals surface area contributed by atoms with Crippen LogP contribution in [0.15, 0.2) is 47.1 Å². The van der Waals surface area contributed by atoms with Crippen molar-refractivity contribution in [3.8, 4) is 0 Å². The molecule has 4 nitrogen and oxygen atoms in total. The number of amides is 2. The zero-order chi connectivity index (χ0) is 15.8. The van der Waals surface area contributed by atoms with Gasteiger partial charge < -0.3 is 5.32 Å². The molecule has 2 heterocycles. The Morgan fingerprint density at radius 3 is 2.96 bits per heavy atom. The predicted octanol–water partition coefficient (Wildman–Crippen LogP) is 3.29. The quantitative estimate of drug-likeness (QED) is 0.931. The second-order valence-corrected chi connectivity index (χ2v) is 6.51. The summed E-state index contributed by atoms with van der Waals surface area (Å²) in [5.41, 5.74) is 5.66. The van der Waals surface area contributed by atoms with Crippen LogP contribution in [0.2, 0.25) is 0 Å². The molecule has 0 radical (unpaired) electrons. The van der Waals surface area contributed by atoms with Gasteiger partial charge in [0.15, 0.2) is 0 Å². The Kier molecular flexibility index (Phi) is 3.62. The fourth-order valence-electron chi connectivity index (χ4n) is 3.67. The summed E-state index contributed by atoms with van der Waals surface area (Å²) in [5, 5.41) is 2.81. The fraction of sp³-hybridized carbons (Fsp3) is 0.368. The average Bonchev–Trinajstić information content (AvgIpc) is 3.17. The van der Waals surface area contributed by atoms with E-state index in [0.29, 0.717) is 0 Å². The van der Waals surface area contributed by atoms with Crippen molar-refractivity contribution in [2.75, 3.05) is 13.1 Å². The lowest BCUT2D eigenvalue weighted by atomic mass is 9.88. The number of fused-ring (bicyclic) bond motifs is 1. The first-order valence-corrected chi connectivity index (χ1v) is 8.31. The molecule has 1 fully saturated rings. The van der Waals surface area contributed by atoms with Gasteiger partial charge in [-0.1, -0.05) is 24.3 Å². The molecule has 0 aromatic heterocycles. The minimum absolute atomic E-state index is 0.195. The Balaban J connectivity index is 1.61. The van der Waals surface area contributed by atoms with E-state index in [2.05, 4.69) is 52.5 Å². The van der Waals surface area contributed by atoms with E-state index in [-0.39, 0.29) is 11.9 Å². The van der Waals surface area contributed by atoms with Gasteiger partial charge in [0.05, 0.1) is 11.4 Å². The maximum Gasteiger partial charge on any atom is 0.346 e. The molecule has 2 amide bonds. The molecule has 1 atom stereocenters. The molecule has 1 N–H and O–H groups in total. The Hall–Kier alpha value is -2.20. The predicted molar refractivity (Wildman–Crippen MR) is 91.6 cm³/mol. The maximum atomic E-state index is 11.4. The first kappa shape index (κ1) is 14.4. The molecule has 1 aliphatic carbocycles. The molecule has 4 rings (SSSR count). The van der Waals surface area contributed by atoms with Gasteiger partial charge in [-0.25, -0.2) is 4.79 Å². The lowest BCUT2D eigenvalue weighted by Crippen LogP contribution is -2.20. The summed E-state index contributed by atoms with van der Waals surface area (Å²) < 4.78 is 0. The monoisotopic (exact) mass is 307 g/mol. The third-order valence-electron chi connectivity index (χ3n) is 4.99. The molecule has 2 aliphatic heterocycles. The average molecular weight is 307 g/mol. The molecular formula is C19H21N3O. The molecule has 1 aromatic rings. The number of benzene rings is 1. The topological polar surface area (TPSA) is 44.7 Å². The van der Waals surface area contributed by atoms with Crippen LogP contribution >= 0.6 is 0 Å².